The zero-order chi connectivity index (χ0) is 21.7. The summed E-state index contributed by atoms with van der Waals surface area (Å²) in [5, 5.41) is 0.141. The van der Waals surface area contributed by atoms with Gasteiger partial charge in [-0.05, 0) is 18.2 Å². The molecular formula is C18H15Cl3O8. The molecule has 0 amide bonds. The Hall–Kier alpha value is -2.29. The molecule has 1 aromatic rings. The molecule has 11 heteroatoms. The minimum Gasteiger partial charge on any atom is -0.458 e. The second-order valence-corrected chi connectivity index (χ2v) is 7.08. The van der Waals surface area contributed by atoms with Crippen LogP contribution in [0, 0.1) is 0 Å². The Labute approximate surface area is 180 Å². The van der Waals surface area contributed by atoms with Crippen molar-refractivity contribution in [3.63, 3.8) is 0 Å². The third-order valence-electron chi connectivity index (χ3n) is 3.57. The molecule has 0 fully saturated rings. The third-order valence-corrected chi connectivity index (χ3v) is 4.39. The first-order valence-corrected chi connectivity index (χ1v) is 9.26. The highest BCUT2D eigenvalue weighted by molar-refractivity contribution is 6.41. The van der Waals surface area contributed by atoms with Gasteiger partial charge in [0.2, 0.25) is 0 Å². The van der Waals surface area contributed by atoms with Gasteiger partial charge in [0, 0.05) is 24.9 Å². The maximum Gasteiger partial charge on any atom is 0.341 e. The Morgan fingerprint density at radius 3 is 2.28 bits per heavy atom. The SMILES string of the molecule is CC(=O)O[C@@H]1C=CC(=O)O[C@@H]1[C@@H](COC(=O)c1c(Cl)cc(Cl)cc1Cl)OC(C)=O. The van der Waals surface area contributed by atoms with E-state index >= 15 is 0 Å². The van der Waals surface area contributed by atoms with Crippen molar-refractivity contribution >= 4 is 58.7 Å². The van der Waals surface area contributed by atoms with Crippen LogP contribution in [0.15, 0.2) is 24.3 Å². The lowest BCUT2D eigenvalue weighted by Gasteiger charge is -2.32. The van der Waals surface area contributed by atoms with Gasteiger partial charge in [-0.15, -0.1) is 0 Å². The van der Waals surface area contributed by atoms with Crippen molar-refractivity contribution in [3.05, 3.63) is 44.9 Å². The molecule has 1 aliphatic rings. The lowest BCUT2D eigenvalue weighted by atomic mass is 10.1. The minimum atomic E-state index is -1.26. The van der Waals surface area contributed by atoms with Crippen molar-refractivity contribution < 1.29 is 38.1 Å². The van der Waals surface area contributed by atoms with Crippen LogP contribution in [-0.2, 0) is 33.3 Å². The van der Waals surface area contributed by atoms with E-state index in [1.54, 1.807) is 0 Å². The van der Waals surface area contributed by atoms with Gasteiger partial charge in [0.25, 0.3) is 0 Å². The normalized spacial score (nSPS) is 19.1. The summed E-state index contributed by atoms with van der Waals surface area (Å²) in [6.07, 6.45) is -1.20. The van der Waals surface area contributed by atoms with Crippen LogP contribution in [0.2, 0.25) is 15.1 Å². The predicted molar refractivity (Wildman–Crippen MR) is 102 cm³/mol. The summed E-state index contributed by atoms with van der Waals surface area (Å²) in [7, 11) is 0. The van der Waals surface area contributed by atoms with Gasteiger partial charge in [-0.1, -0.05) is 34.8 Å². The van der Waals surface area contributed by atoms with Gasteiger partial charge < -0.3 is 18.9 Å². The molecule has 0 saturated heterocycles. The number of carbonyl (C=O) groups excluding carboxylic acids is 4. The van der Waals surface area contributed by atoms with Gasteiger partial charge in [-0.3, -0.25) is 9.59 Å². The van der Waals surface area contributed by atoms with Gasteiger partial charge in [-0.2, -0.15) is 0 Å². The Morgan fingerprint density at radius 2 is 1.72 bits per heavy atom. The van der Waals surface area contributed by atoms with E-state index in [2.05, 4.69) is 0 Å². The predicted octanol–water partition coefficient (Wildman–Crippen LogP) is 3.15. The van der Waals surface area contributed by atoms with E-state index in [9.17, 15) is 19.2 Å². The van der Waals surface area contributed by atoms with Gasteiger partial charge >= 0.3 is 23.9 Å². The fraction of sp³-hybridized carbons (Fsp3) is 0.333. The zero-order valence-corrected chi connectivity index (χ0v) is 17.4. The maximum absolute atomic E-state index is 12.4. The molecule has 0 N–H and O–H groups in total. The standard InChI is InChI=1S/C18H15Cl3O8/c1-8(22)27-13-3-4-15(24)29-17(13)14(28-9(2)23)7-26-18(25)16-11(20)5-10(19)6-12(16)21/h3-6,13-14,17H,7H2,1-2H3/t13-,14-,17+/m1/s1. The molecule has 29 heavy (non-hydrogen) atoms. The average molecular weight is 466 g/mol. The number of hydrogen-bond donors (Lipinski definition) is 0. The van der Waals surface area contributed by atoms with Crippen molar-refractivity contribution in [1.29, 1.82) is 0 Å². The highest BCUT2D eigenvalue weighted by atomic mass is 35.5. The van der Waals surface area contributed by atoms with Crippen LogP contribution in [0.5, 0.6) is 0 Å². The molecule has 0 unspecified atom stereocenters. The van der Waals surface area contributed by atoms with Crippen molar-refractivity contribution in [2.75, 3.05) is 6.61 Å². The highest BCUT2D eigenvalue weighted by Gasteiger charge is 2.39. The molecule has 1 aromatic carbocycles. The quantitative estimate of drug-likeness (QED) is 0.466. The topological polar surface area (TPSA) is 105 Å². The summed E-state index contributed by atoms with van der Waals surface area (Å²) in [6, 6.07) is 2.61. The van der Waals surface area contributed by atoms with E-state index in [1.807, 2.05) is 0 Å². The zero-order valence-electron chi connectivity index (χ0n) is 15.1. The number of esters is 4. The molecule has 1 heterocycles. The largest absolute Gasteiger partial charge is 0.458 e. The van der Waals surface area contributed by atoms with Crippen LogP contribution in [0.4, 0.5) is 0 Å². The molecule has 0 bridgehead atoms. The second-order valence-electron chi connectivity index (χ2n) is 5.83. The van der Waals surface area contributed by atoms with E-state index in [-0.39, 0.29) is 20.6 Å². The summed E-state index contributed by atoms with van der Waals surface area (Å²) in [6.45, 7) is 1.74. The van der Waals surface area contributed by atoms with Crippen LogP contribution in [0.1, 0.15) is 24.2 Å². The van der Waals surface area contributed by atoms with Crippen LogP contribution >= 0.6 is 34.8 Å². The Bertz CT molecular complexity index is 844. The number of carbonyl (C=O) groups is 4. The molecule has 0 aromatic heterocycles. The van der Waals surface area contributed by atoms with E-state index in [1.165, 1.54) is 18.2 Å². The minimum absolute atomic E-state index is 0.0404. The van der Waals surface area contributed by atoms with Gasteiger partial charge in [-0.25, -0.2) is 9.59 Å². The van der Waals surface area contributed by atoms with E-state index in [0.717, 1.165) is 19.9 Å². The fourth-order valence-corrected chi connectivity index (χ4v) is 3.46. The number of halogens is 3. The summed E-state index contributed by atoms with van der Waals surface area (Å²) >= 11 is 17.8. The number of hydrogen-bond acceptors (Lipinski definition) is 8. The van der Waals surface area contributed by atoms with E-state index < -0.39 is 48.8 Å². The summed E-state index contributed by atoms with van der Waals surface area (Å²) in [5.41, 5.74) is -0.142. The first-order valence-electron chi connectivity index (χ1n) is 8.13. The molecule has 3 atom stereocenters. The Balaban J connectivity index is 2.21. The summed E-state index contributed by atoms with van der Waals surface area (Å²) < 4.78 is 20.4. The van der Waals surface area contributed by atoms with E-state index in [4.69, 9.17) is 53.8 Å². The lowest BCUT2D eigenvalue weighted by Crippen LogP contribution is -2.48. The first kappa shape index (κ1) is 23.0. The van der Waals surface area contributed by atoms with Crippen molar-refractivity contribution in [2.45, 2.75) is 32.2 Å². The van der Waals surface area contributed by atoms with Crippen LogP contribution in [0.25, 0.3) is 0 Å². The smallest absolute Gasteiger partial charge is 0.341 e. The number of rotatable bonds is 6. The van der Waals surface area contributed by atoms with Gasteiger partial charge in [0.05, 0.1) is 15.6 Å². The fourth-order valence-electron chi connectivity index (χ4n) is 2.49. The molecule has 0 saturated carbocycles. The molecule has 156 valence electrons. The van der Waals surface area contributed by atoms with Gasteiger partial charge in [0.1, 0.15) is 6.61 Å². The Morgan fingerprint density at radius 1 is 1.10 bits per heavy atom. The average Bonchev–Trinajstić information content (AvgIpc) is 2.58. The number of ether oxygens (including phenoxy) is 4. The van der Waals surface area contributed by atoms with E-state index in [0.29, 0.717) is 0 Å². The molecule has 1 aliphatic heterocycles. The second kappa shape index (κ2) is 9.96. The van der Waals surface area contributed by atoms with Crippen molar-refractivity contribution in [3.8, 4) is 0 Å². The van der Waals surface area contributed by atoms with Crippen LogP contribution in [-0.4, -0.2) is 48.8 Å². The molecule has 2 rings (SSSR count). The van der Waals surface area contributed by atoms with Gasteiger partial charge in [0.15, 0.2) is 18.3 Å². The molecule has 0 aliphatic carbocycles. The first-order chi connectivity index (χ1) is 13.6. The number of benzene rings is 1. The molecule has 0 spiro atoms. The van der Waals surface area contributed by atoms with Crippen LogP contribution < -0.4 is 0 Å². The third kappa shape index (κ3) is 6.35. The molecule has 8 nitrogen and oxygen atoms in total. The highest BCUT2D eigenvalue weighted by Crippen LogP contribution is 2.30. The molecular weight excluding hydrogens is 451 g/mol. The number of cyclic esters (lactones) is 1. The summed E-state index contributed by atoms with van der Waals surface area (Å²) in [5.74, 6) is -3.05. The summed E-state index contributed by atoms with van der Waals surface area (Å²) in [4.78, 5) is 46.8. The van der Waals surface area contributed by atoms with Crippen molar-refractivity contribution in [1.82, 2.24) is 0 Å². The van der Waals surface area contributed by atoms with Crippen molar-refractivity contribution in [2.24, 2.45) is 0 Å². The maximum atomic E-state index is 12.4. The monoisotopic (exact) mass is 464 g/mol. The Kier molecular flexibility index (Phi) is 7.89. The lowest BCUT2D eigenvalue weighted by molar-refractivity contribution is -0.182. The molecule has 0 radical (unpaired) electrons. The van der Waals surface area contributed by atoms with Crippen LogP contribution in [0.3, 0.4) is 0 Å².